The fraction of sp³-hybridized carbons (Fsp3) is 0.0741. The summed E-state index contributed by atoms with van der Waals surface area (Å²) in [6, 6.07) is 25.1. The van der Waals surface area contributed by atoms with Crippen molar-refractivity contribution in [1.82, 2.24) is 4.98 Å². The molecule has 4 aromatic carbocycles. The van der Waals surface area contributed by atoms with Crippen molar-refractivity contribution >= 4 is 33.1 Å². The number of fused-ring (bicyclic) bond motifs is 3. The number of aromatic nitrogens is 1. The Bertz CT molecular complexity index is 1550. The predicted molar refractivity (Wildman–Crippen MR) is 128 cm³/mol. The molecular formula is C27H18F3N3O2. The fourth-order valence-corrected chi connectivity index (χ4v) is 3.85. The number of pyridine rings is 1. The van der Waals surface area contributed by atoms with E-state index in [1.54, 1.807) is 25.3 Å². The normalized spacial score (nSPS) is 11.9. The molecule has 8 heteroatoms. The van der Waals surface area contributed by atoms with Gasteiger partial charge in [0.15, 0.2) is 11.6 Å². The van der Waals surface area contributed by atoms with Crippen molar-refractivity contribution in [3.8, 4) is 17.4 Å². The Morgan fingerprint density at radius 3 is 1.97 bits per heavy atom. The molecule has 5 nitrogen and oxygen atoms in total. The topological polar surface area (TPSA) is 56.1 Å². The third kappa shape index (κ3) is 4.50. The van der Waals surface area contributed by atoms with Crippen LogP contribution in [0.15, 0.2) is 101 Å². The Labute approximate surface area is 198 Å². The summed E-state index contributed by atoms with van der Waals surface area (Å²) in [5.74, 6) is 1.27. The minimum absolute atomic E-state index is 0.177. The van der Waals surface area contributed by atoms with Crippen molar-refractivity contribution in [2.45, 2.75) is 6.18 Å². The minimum Gasteiger partial charge on any atom is -0.494 e. The number of methoxy groups -OCH3 is 1. The Kier molecular flexibility index (Phi) is 5.78. The molecular weight excluding hydrogens is 455 g/mol. The maximum absolute atomic E-state index is 12.8. The number of benzene rings is 4. The van der Waals surface area contributed by atoms with Crippen LogP contribution in [0.4, 0.5) is 24.7 Å². The summed E-state index contributed by atoms with van der Waals surface area (Å²) in [5.41, 5.74) is -0.186. The number of rotatable bonds is 5. The second kappa shape index (κ2) is 9.06. The van der Waals surface area contributed by atoms with E-state index in [0.29, 0.717) is 11.4 Å². The van der Waals surface area contributed by atoms with Gasteiger partial charge in [0.1, 0.15) is 11.4 Å². The largest absolute Gasteiger partial charge is 0.494 e. The van der Waals surface area contributed by atoms with Crippen LogP contribution in [-0.4, -0.2) is 12.1 Å². The van der Waals surface area contributed by atoms with Crippen LogP contribution in [0.2, 0.25) is 0 Å². The fourth-order valence-electron chi connectivity index (χ4n) is 3.85. The van der Waals surface area contributed by atoms with Gasteiger partial charge in [0.25, 0.3) is 0 Å². The van der Waals surface area contributed by atoms with E-state index in [1.165, 1.54) is 12.1 Å². The molecule has 0 bridgehead atoms. The van der Waals surface area contributed by atoms with Crippen molar-refractivity contribution in [2.75, 3.05) is 7.11 Å². The monoisotopic (exact) mass is 473 g/mol. The third-order valence-electron chi connectivity index (χ3n) is 5.43. The Balaban J connectivity index is 1.49. The maximum Gasteiger partial charge on any atom is 0.416 e. The van der Waals surface area contributed by atoms with E-state index in [-0.39, 0.29) is 17.4 Å². The smallest absolute Gasteiger partial charge is 0.416 e. The van der Waals surface area contributed by atoms with Crippen LogP contribution in [0.25, 0.3) is 21.5 Å². The first kappa shape index (κ1) is 22.3. The summed E-state index contributed by atoms with van der Waals surface area (Å²) in [4.78, 5) is 4.31. The van der Waals surface area contributed by atoms with Crippen molar-refractivity contribution < 1.29 is 22.6 Å². The number of hydrogen-bond donors (Lipinski definition) is 0. The molecule has 0 unspecified atom stereocenters. The summed E-state index contributed by atoms with van der Waals surface area (Å²) in [6.45, 7) is 0. The average Bonchev–Trinajstić information content (AvgIpc) is 2.87. The molecule has 0 aliphatic rings. The molecule has 1 aromatic heterocycles. The number of halogens is 3. The van der Waals surface area contributed by atoms with Gasteiger partial charge in [0, 0.05) is 16.8 Å². The highest BCUT2D eigenvalue weighted by molar-refractivity contribution is 6.16. The lowest BCUT2D eigenvalue weighted by Gasteiger charge is -2.12. The molecule has 0 atom stereocenters. The van der Waals surface area contributed by atoms with Gasteiger partial charge in [-0.25, -0.2) is 0 Å². The lowest BCUT2D eigenvalue weighted by atomic mass is 9.99. The maximum atomic E-state index is 12.8. The van der Waals surface area contributed by atoms with Crippen LogP contribution in [0.1, 0.15) is 5.56 Å². The molecule has 0 saturated carbocycles. The summed E-state index contributed by atoms with van der Waals surface area (Å²) in [6.07, 6.45) is -4.41. The number of alkyl halides is 3. The lowest BCUT2D eigenvalue weighted by Crippen LogP contribution is -2.04. The predicted octanol–water partition coefficient (Wildman–Crippen LogP) is 8.62. The van der Waals surface area contributed by atoms with Crippen molar-refractivity contribution in [3.05, 3.63) is 96.6 Å². The van der Waals surface area contributed by atoms with Gasteiger partial charge in [-0.3, -0.25) is 0 Å². The molecule has 35 heavy (non-hydrogen) atoms. The zero-order valence-electron chi connectivity index (χ0n) is 18.5. The Morgan fingerprint density at radius 2 is 1.31 bits per heavy atom. The van der Waals surface area contributed by atoms with Crippen LogP contribution in [-0.2, 0) is 6.18 Å². The highest BCUT2D eigenvalue weighted by Gasteiger charge is 2.30. The molecule has 0 aliphatic carbocycles. The second-order valence-electron chi connectivity index (χ2n) is 7.63. The highest BCUT2D eigenvalue weighted by Crippen LogP contribution is 2.44. The van der Waals surface area contributed by atoms with Gasteiger partial charge in [0.2, 0.25) is 5.88 Å². The van der Waals surface area contributed by atoms with Gasteiger partial charge < -0.3 is 9.47 Å². The quantitative estimate of drug-likeness (QED) is 0.190. The zero-order chi connectivity index (χ0) is 24.4. The molecule has 0 aliphatic heterocycles. The summed E-state index contributed by atoms with van der Waals surface area (Å²) in [5, 5.41) is 12.6. The number of azo groups is 1. The summed E-state index contributed by atoms with van der Waals surface area (Å²) >= 11 is 0. The number of nitrogens with zero attached hydrogens (tertiary/aromatic N) is 3. The van der Waals surface area contributed by atoms with Gasteiger partial charge in [-0.2, -0.15) is 18.2 Å². The molecule has 0 fully saturated rings. The first-order chi connectivity index (χ1) is 16.9. The van der Waals surface area contributed by atoms with E-state index >= 15 is 0 Å². The van der Waals surface area contributed by atoms with Crippen LogP contribution in [0, 0.1) is 0 Å². The minimum atomic E-state index is -4.41. The average molecular weight is 473 g/mol. The van der Waals surface area contributed by atoms with E-state index in [4.69, 9.17) is 9.47 Å². The highest BCUT2D eigenvalue weighted by atomic mass is 19.4. The van der Waals surface area contributed by atoms with Crippen molar-refractivity contribution in [2.24, 2.45) is 10.2 Å². The molecule has 174 valence electrons. The Morgan fingerprint density at radius 1 is 0.686 bits per heavy atom. The SMILES string of the molecule is COc1c(N=Nc2cccc(Oc3ccc(C(F)(F)F)cc3)n2)c2ccccc2c2ccccc12. The zero-order valence-corrected chi connectivity index (χ0v) is 18.5. The molecule has 0 amide bonds. The number of hydrogen-bond acceptors (Lipinski definition) is 5. The number of ether oxygens (including phenoxy) is 2. The van der Waals surface area contributed by atoms with Gasteiger partial charge in [0.05, 0.1) is 12.7 Å². The van der Waals surface area contributed by atoms with Crippen LogP contribution in [0.5, 0.6) is 17.4 Å². The van der Waals surface area contributed by atoms with Gasteiger partial charge in [-0.1, -0.05) is 54.6 Å². The first-order valence-electron chi connectivity index (χ1n) is 10.7. The molecule has 0 radical (unpaired) electrons. The van der Waals surface area contributed by atoms with Crippen LogP contribution < -0.4 is 9.47 Å². The van der Waals surface area contributed by atoms with E-state index in [2.05, 4.69) is 15.2 Å². The molecule has 5 aromatic rings. The molecule has 5 rings (SSSR count). The van der Waals surface area contributed by atoms with Gasteiger partial charge in [-0.15, -0.1) is 10.2 Å². The standard InChI is InChI=1S/C27H18F3N3O2/c1-34-26-22-10-5-3-8-20(22)19-7-2-4-9-21(19)25(26)33-32-23-11-6-12-24(31-23)35-18-15-13-17(14-16-18)27(28,29)30/h2-16H,1H3. The lowest BCUT2D eigenvalue weighted by molar-refractivity contribution is -0.137. The Hall–Kier alpha value is -4.46. The summed E-state index contributed by atoms with van der Waals surface area (Å²) < 4.78 is 49.7. The van der Waals surface area contributed by atoms with E-state index < -0.39 is 11.7 Å². The molecule has 0 spiro atoms. The van der Waals surface area contributed by atoms with Gasteiger partial charge >= 0.3 is 6.18 Å². The van der Waals surface area contributed by atoms with Crippen molar-refractivity contribution in [1.29, 1.82) is 0 Å². The first-order valence-corrected chi connectivity index (χ1v) is 10.7. The van der Waals surface area contributed by atoms with E-state index in [0.717, 1.165) is 33.7 Å². The van der Waals surface area contributed by atoms with Crippen molar-refractivity contribution in [3.63, 3.8) is 0 Å². The molecule has 1 heterocycles. The molecule has 0 saturated heterocycles. The second-order valence-corrected chi connectivity index (χ2v) is 7.63. The van der Waals surface area contributed by atoms with Crippen LogP contribution in [0.3, 0.4) is 0 Å². The molecule has 0 N–H and O–H groups in total. The van der Waals surface area contributed by atoms with E-state index in [1.807, 2.05) is 48.5 Å². The summed E-state index contributed by atoms with van der Waals surface area (Å²) in [7, 11) is 1.59. The van der Waals surface area contributed by atoms with Gasteiger partial charge in [-0.05, 0) is 41.1 Å². The third-order valence-corrected chi connectivity index (χ3v) is 5.43. The van der Waals surface area contributed by atoms with E-state index in [9.17, 15) is 13.2 Å². The van der Waals surface area contributed by atoms with Crippen LogP contribution >= 0.6 is 0 Å².